The number of hydrogen-bond donors (Lipinski definition) is 1. The number of hydrogen-bond acceptors (Lipinski definition) is 4. The van der Waals surface area contributed by atoms with E-state index in [1.54, 1.807) is 0 Å². The molecule has 2 aliphatic rings. The van der Waals surface area contributed by atoms with Crippen LogP contribution in [0.5, 0.6) is 0 Å². The monoisotopic (exact) mass is 348 g/mol. The second kappa shape index (κ2) is 6.80. The van der Waals surface area contributed by atoms with Crippen molar-refractivity contribution in [1.29, 1.82) is 0 Å². The zero-order valence-corrected chi connectivity index (χ0v) is 13.3. The molecule has 3 rings (SSSR count). The maximum Gasteiger partial charge on any atom is 0.490 e. The first-order valence-corrected chi connectivity index (χ1v) is 7.33. The average molecular weight is 348 g/mol. The minimum atomic E-state index is -5.08. The van der Waals surface area contributed by atoms with Crippen LogP contribution in [0.1, 0.15) is 5.82 Å². The molecule has 2 aliphatic heterocycles. The fourth-order valence-corrected chi connectivity index (χ4v) is 3.03. The summed E-state index contributed by atoms with van der Waals surface area (Å²) in [5.41, 5.74) is 0. The normalized spacial score (nSPS) is 23.9. The van der Waals surface area contributed by atoms with Crippen LogP contribution in [-0.2, 0) is 23.2 Å². The van der Waals surface area contributed by atoms with Gasteiger partial charge in [0.15, 0.2) is 0 Å². The van der Waals surface area contributed by atoms with E-state index in [0.29, 0.717) is 11.8 Å². The van der Waals surface area contributed by atoms with Crippen molar-refractivity contribution in [3.8, 4) is 0 Å². The van der Waals surface area contributed by atoms with E-state index in [1.807, 2.05) is 36.0 Å². The maximum absolute atomic E-state index is 11.9. The average Bonchev–Trinajstić information content (AvgIpc) is 3.11. The number of aliphatic carboxylic acids is 1. The van der Waals surface area contributed by atoms with Gasteiger partial charge in [0.1, 0.15) is 5.82 Å². The number of carboxylic acids is 1. The molecule has 1 aromatic rings. The first-order valence-electron chi connectivity index (χ1n) is 7.33. The fraction of sp³-hybridized carbons (Fsp3) is 0.643. The molecular formula is C14H19F3N4O3. The van der Waals surface area contributed by atoms with Crippen LogP contribution in [0.3, 0.4) is 0 Å². The Morgan fingerprint density at radius 3 is 2.42 bits per heavy atom. The molecule has 24 heavy (non-hydrogen) atoms. The van der Waals surface area contributed by atoms with Crippen molar-refractivity contribution in [1.82, 2.24) is 19.4 Å². The quantitative estimate of drug-likeness (QED) is 0.846. The number of likely N-dealkylation sites (tertiary alicyclic amines) is 2. The van der Waals surface area contributed by atoms with Crippen LogP contribution in [0, 0.1) is 11.8 Å². The Morgan fingerprint density at radius 1 is 1.33 bits per heavy atom. The summed E-state index contributed by atoms with van der Waals surface area (Å²) >= 11 is 0. The largest absolute Gasteiger partial charge is 0.490 e. The van der Waals surface area contributed by atoms with Gasteiger partial charge >= 0.3 is 12.1 Å². The lowest BCUT2D eigenvalue weighted by molar-refractivity contribution is -0.192. The van der Waals surface area contributed by atoms with E-state index in [2.05, 4.69) is 9.88 Å². The zero-order valence-electron chi connectivity index (χ0n) is 13.3. The van der Waals surface area contributed by atoms with Crippen molar-refractivity contribution in [3.63, 3.8) is 0 Å². The number of fused-ring (bicyclic) bond motifs is 1. The number of amides is 1. The van der Waals surface area contributed by atoms with Crippen molar-refractivity contribution in [3.05, 3.63) is 18.2 Å². The van der Waals surface area contributed by atoms with Crippen LogP contribution in [0.4, 0.5) is 13.2 Å². The Bertz CT molecular complexity index is 617. The lowest BCUT2D eigenvalue weighted by Gasteiger charge is -2.18. The van der Waals surface area contributed by atoms with E-state index >= 15 is 0 Å². The lowest BCUT2D eigenvalue weighted by Crippen LogP contribution is -2.30. The first kappa shape index (κ1) is 18.2. The molecular weight excluding hydrogens is 329 g/mol. The molecule has 1 amide bonds. The minimum absolute atomic E-state index is 0.222. The highest BCUT2D eigenvalue weighted by Gasteiger charge is 2.44. The van der Waals surface area contributed by atoms with Crippen LogP contribution in [0.2, 0.25) is 0 Å². The Kier molecular flexibility index (Phi) is 5.16. The van der Waals surface area contributed by atoms with Gasteiger partial charge in [0.25, 0.3) is 0 Å². The minimum Gasteiger partial charge on any atom is -0.475 e. The second-order valence-corrected chi connectivity index (χ2v) is 6.04. The summed E-state index contributed by atoms with van der Waals surface area (Å²) < 4.78 is 33.8. The SMILES string of the molecule is CN1C[C@@H]2CN(Cc3nccn3C)C[C@@H]2C1=O.O=C(O)C(F)(F)F. The predicted octanol–water partition coefficient (Wildman–Crippen LogP) is 0.573. The molecule has 0 bridgehead atoms. The second-order valence-electron chi connectivity index (χ2n) is 6.04. The number of rotatable bonds is 2. The maximum atomic E-state index is 11.9. The lowest BCUT2D eigenvalue weighted by atomic mass is 10.0. The van der Waals surface area contributed by atoms with E-state index in [-0.39, 0.29) is 5.92 Å². The van der Waals surface area contributed by atoms with Crippen molar-refractivity contribution in [2.75, 3.05) is 26.7 Å². The summed E-state index contributed by atoms with van der Waals surface area (Å²) in [5, 5.41) is 7.12. The summed E-state index contributed by atoms with van der Waals surface area (Å²) in [5.74, 6) is -0.622. The third-order valence-electron chi connectivity index (χ3n) is 4.25. The van der Waals surface area contributed by atoms with Crippen LogP contribution in [-0.4, -0.2) is 69.2 Å². The molecule has 0 aromatic carbocycles. The van der Waals surface area contributed by atoms with E-state index in [0.717, 1.165) is 32.0 Å². The number of carbonyl (C=O) groups is 2. The third kappa shape index (κ3) is 4.05. The van der Waals surface area contributed by atoms with Gasteiger partial charge < -0.3 is 14.6 Å². The number of imidazole rings is 1. The number of nitrogens with zero attached hydrogens (tertiary/aromatic N) is 4. The molecule has 10 heteroatoms. The van der Waals surface area contributed by atoms with Gasteiger partial charge in [-0.3, -0.25) is 9.69 Å². The van der Waals surface area contributed by atoms with Gasteiger partial charge in [0, 0.05) is 52.0 Å². The molecule has 2 fully saturated rings. The Hall–Kier alpha value is -2.10. The topological polar surface area (TPSA) is 78.7 Å². The highest BCUT2D eigenvalue weighted by molar-refractivity contribution is 5.81. The third-order valence-corrected chi connectivity index (χ3v) is 4.25. The molecule has 0 radical (unpaired) electrons. The molecule has 0 aliphatic carbocycles. The molecule has 134 valence electrons. The van der Waals surface area contributed by atoms with Crippen LogP contribution >= 0.6 is 0 Å². The number of aryl methyl sites for hydroxylation is 1. The highest BCUT2D eigenvalue weighted by Crippen LogP contribution is 2.31. The number of halogens is 3. The van der Waals surface area contributed by atoms with Crippen molar-refractivity contribution in [2.24, 2.45) is 18.9 Å². The van der Waals surface area contributed by atoms with Crippen LogP contribution in [0.25, 0.3) is 0 Å². The number of carbonyl (C=O) groups excluding carboxylic acids is 1. The summed E-state index contributed by atoms with van der Waals surface area (Å²) in [7, 11) is 3.92. The van der Waals surface area contributed by atoms with Crippen molar-refractivity contribution < 1.29 is 27.9 Å². The Morgan fingerprint density at radius 2 is 1.96 bits per heavy atom. The number of aromatic nitrogens is 2. The molecule has 2 atom stereocenters. The van der Waals surface area contributed by atoms with E-state index in [4.69, 9.17) is 9.90 Å². The van der Waals surface area contributed by atoms with E-state index in [9.17, 15) is 18.0 Å². The van der Waals surface area contributed by atoms with Gasteiger partial charge in [-0.25, -0.2) is 9.78 Å². The van der Waals surface area contributed by atoms with Crippen LogP contribution < -0.4 is 0 Å². The molecule has 0 unspecified atom stereocenters. The van der Waals surface area contributed by atoms with Crippen LogP contribution in [0.15, 0.2) is 12.4 Å². The van der Waals surface area contributed by atoms with Gasteiger partial charge in [-0.1, -0.05) is 0 Å². The van der Waals surface area contributed by atoms with E-state index in [1.165, 1.54) is 0 Å². The van der Waals surface area contributed by atoms with Gasteiger partial charge in [0.05, 0.1) is 12.5 Å². The smallest absolute Gasteiger partial charge is 0.475 e. The predicted molar refractivity (Wildman–Crippen MR) is 76.8 cm³/mol. The van der Waals surface area contributed by atoms with Gasteiger partial charge in [-0.05, 0) is 0 Å². The molecule has 0 spiro atoms. The standard InChI is InChI=1S/C12H18N4O.C2HF3O2/c1-14-4-3-13-11(14)8-16-6-9-5-15(2)12(17)10(9)7-16;3-2(4,5)1(6)7/h3-4,9-10H,5-8H2,1-2H3;(H,6,7)/t9-,10+;/m1./s1. The van der Waals surface area contributed by atoms with E-state index < -0.39 is 12.1 Å². The van der Waals surface area contributed by atoms with Gasteiger partial charge in [0.2, 0.25) is 5.91 Å². The van der Waals surface area contributed by atoms with Crippen molar-refractivity contribution >= 4 is 11.9 Å². The Labute approximate surface area is 136 Å². The zero-order chi connectivity index (χ0) is 18.1. The first-order chi connectivity index (χ1) is 11.1. The fourth-order valence-electron chi connectivity index (χ4n) is 3.03. The number of alkyl halides is 3. The molecule has 0 saturated carbocycles. The molecule has 1 aromatic heterocycles. The summed E-state index contributed by atoms with van der Waals surface area (Å²) in [6.45, 7) is 3.68. The molecule has 1 N–H and O–H groups in total. The summed E-state index contributed by atoms with van der Waals surface area (Å²) in [6, 6.07) is 0. The Balaban J connectivity index is 0.000000256. The highest BCUT2D eigenvalue weighted by atomic mass is 19.4. The summed E-state index contributed by atoms with van der Waals surface area (Å²) in [4.78, 5) is 29.3. The molecule has 3 heterocycles. The number of carboxylic acid groups (broad SMARTS) is 1. The van der Waals surface area contributed by atoms with Gasteiger partial charge in [-0.2, -0.15) is 13.2 Å². The van der Waals surface area contributed by atoms with Crippen molar-refractivity contribution in [2.45, 2.75) is 12.7 Å². The molecule has 7 nitrogen and oxygen atoms in total. The summed E-state index contributed by atoms with van der Waals surface area (Å²) in [6.07, 6.45) is -1.30. The van der Waals surface area contributed by atoms with Gasteiger partial charge in [-0.15, -0.1) is 0 Å². The molecule has 2 saturated heterocycles.